The minimum absolute atomic E-state index is 0.00447. The third-order valence-corrected chi connectivity index (χ3v) is 4.57. The summed E-state index contributed by atoms with van der Waals surface area (Å²) in [6.07, 6.45) is 3.34. The number of benzene rings is 1. The summed E-state index contributed by atoms with van der Waals surface area (Å²) in [6.45, 7) is 0. The van der Waals surface area contributed by atoms with Crippen molar-refractivity contribution in [2.24, 2.45) is 5.73 Å². The van der Waals surface area contributed by atoms with E-state index in [0.717, 1.165) is 11.1 Å². The number of ether oxygens (including phenoxy) is 2. The van der Waals surface area contributed by atoms with E-state index in [4.69, 9.17) is 15.2 Å². The second kappa shape index (κ2) is 6.89. The van der Waals surface area contributed by atoms with Crippen LogP contribution in [0.2, 0.25) is 0 Å². The molecule has 4 rings (SSSR count). The van der Waals surface area contributed by atoms with E-state index in [1.807, 2.05) is 12.1 Å². The van der Waals surface area contributed by atoms with Gasteiger partial charge < -0.3 is 15.2 Å². The zero-order valence-corrected chi connectivity index (χ0v) is 14.8. The van der Waals surface area contributed by atoms with Gasteiger partial charge in [0.2, 0.25) is 11.8 Å². The molecule has 3 heterocycles. The number of aromatic amines is 1. The van der Waals surface area contributed by atoms with Crippen LogP contribution in [-0.2, 0) is 4.74 Å². The lowest BCUT2D eigenvalue weighted by Gasteiger charge is -2.24. The molecule has 28 heavy (non-hydrogen) atoms. The Hall–Kier alpha value is -4.12. The molecule has 0 saturated heterocycles. The molecule has 0 aliphatic carbocycles. The van der Waals surface area contributed by atoms with E-state index in [1.165, 1.54) is 7.11 Å². The van der Waals surface area contributed by atoms with Gasteiger partial charge >= 0.3 is 5.97 Å². The van der Waals surface area contributed by atoms with Crippen LogP contribution in [0.1, 0.15) is 27.4 Å². The number of fused-ring (bicyclic) bond motifs is 1. The van der Waals surface area contributed by atoms with Crippen molar-refractivity contribution in [1.82, 2.24) is 15.2 Å². The summed E-state index contributed by atoms with van der Waals surface area (Å²) in [5, 5.41) is 16.9. The van der Waals surface area contributed by atoms with Gasteiger partial charge in [0.1, 0.15) is 11.6 Å². The molecule has 0 fully saturated rings. The quantitative estimate of drug-likeness (QED) is 0.675. The number of nitrogens with zero attached hydrogens (tertiary/aromatic N) is 3. The van der Waals surface area contributed by atoms with Crippen LogP contribution in [0.3, 0.4) is 0 Å². The summed E-state index contributed by atoms with van der Waals surface area (Å²) in [6, 6.07) is 12.6. The lowest BCUT2D eigenvalue weighted by Crippen LogP contribution is -2.21. The van der Waals surface area contributed by atoms with Crippen LogP contribution in [0.5, 0.6) is 5.88 Å². The summed E-state index contributed by atoms with van der Waals surface area (Å²) < 4.78 is 10.3. The molecule has 1 aromatic carbocycles. The molecule has 8 nitrogen and oxygen atoms in total. The average Bonchev–Trinajstić information content (AvgIpc) is 3.16. The molecule has 0 amide bonds. The summed E-state index contributed by atoms with van der Waals surface area (Å²) in [5.74, 6) is -0.617. The number of nitrogens with one attached hydrogen (secondary N) is 1. The van der Waals surface area contributed by atoms with E-state index >= 15 is 0 Å². The van der Waals surface area contributed by atoms with Crippen molar-refractivity contribution >= 4 is 5.97 Å². The zero-order chi connectivity index (χ0) is 19.7. The van der Waals surface area contributed by atoms with Crippen molar-refractivity contribution in [2.75, 3.05) is 7.11 Å². The number of pyridine rings is 1. The maximum absolute atomic E-state index is 11.7. The van der Waals surface area contributed by atoms with Crippen molar-refractivity contribution in [3.8, 4) is 23.2 Å². The Kier molecular flexibility index (Phi) is 4.26. The van der Waals surface area contributed by atoms with Gasteiger partial charge in [0.25, 0.3) is 0 Å². The summed E-state index contributed by atoms with van der Waals surface area (Å²) in [7, 11) is 1.32. The van der Waals surface area contributed by atoms with Crippen LogP contribution in [0, 0.1) is 11.3 Å². The first-order valence-corrected chi connectivity index (χ1v) is 8.38. The second-order valence-corrected chi connectivity index (χ2v) is 6.09. The summed E-state index contributed by atoms with van der Waals surface area (Å²) >= 11 is 0. The maximum Gasteiger partial charge on any atom is 0.337 e. The average molecular weight is 373 g/mol. The molecule has 0 spiro atoms. The molecule has 0 bridgehead atoms. The Bertz CT molecular complexity index is 1110. The van der Waals surface area contributed by atoms with Gasteiger partial charge in [0.05, 0.1) is 29.8 Å². The minimum atomic E-state index is -0.498. The fraction of sp³-hybridized carbons (Fsp3) is 0.100. The normalized spacial score (nSPS) is 15.4. The molecule has 1 atom stereocenters. The lowest BCUT2D eigenvalue weighted by atomic mass is 9.83. The highest BCUT2D eigenvalue weighted by Gasteiger charge is 2.35. The van der Waals surface area contributed by atoms with Gasteiger partial charge in [0.15, 0.2) is 0 Å². The van der Waals surface area contributed by atoms with Gasteiger partial charge in [-0.05, 0) is 29.8 Å². The Morgan fingerprint density at radius 1 is 1.25 bits per heavy atom. The standard InChI is InChI=1S/C20H15N5O3/c1-27-20(26)13-4-2-11(3-5-13)15-14(10-21)18(22)28-19-16(15)17(24-25-19)12-6-8-23-9-7-12/h2-9,15H,22H2,1H3,(H,24,25)/t15-/m1/s1. The number of methoxy groups -OCH3 is 1. The van der Waals surface area contributed by atoms with E-state index in [0.29, 0.717) is 22.7 Å². The highest BCUT2D eigenvalue weighted by atomic mass is 16.5. The molecular formula is C20H15N5O3. The van der Waals surface area contributed by atoms with Gasteiger partial charge in [-0.15, -0.1) is 5.10 Å². The van der Waals surface area contributed by atoms with Crippen molar-refractivity contribution in [1.29, 1.82) is 5.26 Å². The fourth-order valence-electron chi connectivity index (χ4n) is 3.25. The van der Waals surface area contributed by atoms with Crippen LogP contribution in [0.15, 0.2) is 60.2 Å². The predicted molar refractivity (Wildman–Crippen MR) is 98.9 cm³/mol. The number of H-pyrrole nitrogens is 1. The van der Waals surface area contributed by atoms with Crippen molar-refractivity contribution < 1.29 is 14.3 Å². The number of hydrogen-bond acceptors (Lipinski definition) is 7. The molecule has 0 unspecified atom stereocenters. The summed E-state index contributed by atoms with van der Waals surface area (Å²) in [4.78, 5) is 15.8. The van der Waals surface area contributed by atoms with Crippen LogP contribution < -0.4 is 10.5 Å². The Morgan fingerprint density at radius 2 is 1.96 bits per heavy atom. The van der Waals surface area contributed by atoms with Crippen LogP contribution in [0.4, 0.5) is 0 Å². The molecule has 1 aliphatic rings. The number of carbonyl (C=O) groups excluding carboxylic acids is 1. The highest BCUT2D eigenvalue weighted by Crippen LogP contribution is 2.45. The number of allylic oxidation sites excluding steroid dienone is 1. The van der Waals surface area contributed by atoms with E-state index in [1.54, 1.807) is 36.7 Å². The molecule has 138 valence electrons. The Morgan fingerprint density at radius 3 is 2.61 bits per heavy atom. The first kappa shape index (κ1) is 17.3. The number of nitrogens with two attached hydrogens (primary N) is 1. The SMILES string of the molecule is COC(=O)c1ccc([C@@H]2C(C#N)=C(N)Oc3n[nH]c(-c4ccncc4)c32)cc1. The van der Waals surface area contributed by atoms with Crippen LogP contribution in [-0.4, -0.2) is 28.3 Å². The van der Waals surface area contributed by atoms with E-state index in [9.17, 15) is 10.1 Å². The number of rotatable bonds is 3. The molecule has 0 saturated carbocycles. The molecule has 3 aromatic rings. The molecule has 1 aliphatic heterocycles. The van der Waals surface area contributed by atoms with E-state index in [2.05, 4.69) is 21.3 Å². The molecule has 8 heteroatoms. The fourth-order valence-corrected chi connectivity index (χ4v) is 3.25. The van der Waals surface area contributed by atoms with Crippen molar-refractivity contribution in [3.05, 3.63) is 76.9 Å². The number of aromatic nitrogens is 3. The Labute approximate surface area is 160 Å². The van der Waals surface area contributed by atoms with Crippen molar-refractivity contribution in [2.45, 2.75) is 5.92 Å². The molecular weight excluding hydrogens is 358 g/mol. The van der Waals surface area contributed by atoms with Gasteiger partial charge in [-0.25, -0.2) is 4.79 Å². The van der Waals surface area contributed by atoms with Gasteiger partial charge in [-0.1, -0.05) is 12.1 Å². The first-order chi connectivity index (χ1) is 13.6. The smallest absolute Gasteiger partial charge is 0.337 e. The minimum Gasteiger partial charge on any atom is -0.465 e. The van der Waals surface area contributed by atoms with Gasteiger partial charge in [0, 0.05) is 18.0 Å². The van der Waals surface area contributed by atoms with Gasteiger partial charge in [-0.3, -0.25) is 10.1 Å². The van der Waals surface area contributed by atoms with Gasteiger partial charge in [-0.2, -0.15) is 5.26 Å². The number of esters is 1. The van der Waals surface area contributed by atoms with E-state index < -0.39 is 11.9 Å². The monoisotopic (exact) mass is 373 g/mol. The molecule has 0 radical (unpaired) electrons. The zero-order valence-electron chi connectivity index (χ0n) is 14.8. The predicted octanol–water partition coefficient (Wildman–Crippen LogP) is 2.48. The summed E-state index contributed by atoms with van der Waals surface area (Å²) in [5.41, 5.74) is 9.69. The Balaban J connectivity index is 1.88. The maximum atomic E-state index is 11.7. The molecule has 2 aromatic heterocycles. The van der Waals surface area contributed by atoms with Crippen LogP contribution in [0.25, 0.3) is 11.3 Å². The highest BCUT2D eigenvalue weighted by molar-refractivity contribution is 5.89. The molecule has 3 N–H and O–H groups in total. The topological polar surface area (TPSA) is 127 Å². The second-order valence-electron chi connectivity index (χ2n) is 6.09. The van der Waals surface area contributed by atoms with Crippen LogP contribution >= 0.6 is 0 Å². The van der Waals surface area contributed by atoms with E-state index in [-0.39, 0.29) is 11.5 Å². The number of hydrogen-bond donors (Lipinski definition) is 2. The lowest BCUT2D eigenvalue weighted by molar-refractivity contribution is 0.0600. The number of nitriles is 1. The largest absolute Gasteiger partial charge is 0.465 e. The van der Waals surface area contributed by atoms with Crippen molar-refractivity contribution in [3.63, 3.8) is 0 Å². The first-order valence-electron chi connectivity index (χ1n) is 8.38. The third kappa shape index (κ3) is 2.75. The third-order valence-electron chi connectivity index (χ3n) is 4.57. The number of carbonyl (C=O) groups is 1.